The summed E-state index contributed by atoms with van der Waals surface area (Å²) in [6, 6.07) is 4.95. The molecule has 6 heteroatoms. The van der Waals surface area contributed by atoms with Crippen LogP contribution in [0.1, 0.15) is 55.3 Å². The van der Waals surface area contributed by atoms with Crippen molar-refractivity contribution in [2.45, 2.75) is 49.3 Å². The zero-order chi connectivity index (χ0) is 19.9. The van der Waals surface area contributed by atoms with E-state index in [1.54, 1.807) is 25.3 Å². The van der Waals surface area contributed by atoms with Crippen LogP contribution >= 0.6 is 15.9 Å². The van der Waals surface area contributed by atoms with Crippen LogP contribution in [-0.4, -0.2) is 36.9 Å². The summed E-state index contributed by atoms with van der Waals surface area (Å²) < 4.78 is 16.0. The minimum atomic E-state index is -0.258. The Labute approximate surface area is 174 Å². The van der Waals surface area contributed by atoms with Gasteiger partial charge in [-0.05, 0) is 74.0 Å². The normalized spacial score (nSPS) is 32.8. The Morgan fingerprint density at radius 1 is 1.07 bits per heavy atom. The van der Waals surface area contributed by atoms with Gasteiger partial charge in [-0.1, -0.05) is 15.9 Å². The first-order valence-corrected chi connectivity index (χ1v) is 10.7. The Morgan fingerprint density at radius 2 is 1.75 bits per heavy atom. The fraction of sp³-hybridized carbons (Fsp3) is 0.636. The lowest BCUT2D eigenvalue weighted by Crippen LogP contribution is -2.53. The van der Waals surface area contributed by atoms with Gasteiger partial charge in [0.1, 0.15) is 0 Å². The molecular weight excluding hydrogens is 424 g/mol. The molecule has 4 fully saturated rings. The van der Waals surface area contributed by atoms with Crippen molar-refractivity contribution in [3.8, 4) is 11.5 Å². The maximum atomic E-state index is 12.6. The van der Waals surface area contributed by atoms with E-state index in [0.29, 0.717) is 23.5 Å². The van der Waals surface area contributed by atoms with Gasteiger partial charge in [0, 0.05) is 9.89 Å². The summed E-state index contributed by atoms with van der Waals surface area (Å²) in [7, 11) is 3.07. The topological polar surface area (TPSA) is 61.8 Å². The summed E-state index contributed by atoms with van der Waals surface area (Å²) in [6.07, 6.45) is 7.49. The number of ether oxygens (including phenoxy) is 3. The smallest absolute Gasteiger partial charge is 0.306 e. The predicted octanol–water partition coefficient (Wildman–Crippen LogP) is 4.55. The van der Waals surface area contributed by atoms with Gasteiger partial charge in [0.25, 0.3) is 0 Å². The molecule has 0 radical (unpaired) electrons. The molecule has 152 valence electrons. The van der Waals surface area contributed by atoms with Gasteiger partial charge >= 0.3 is 5.97 Å². The molecule has 1 aromatic rings. The van der Waals surface area contributed by atoms with Gasteiger partial charge in [0.15, 0.2) is 23.9 Å². The molecule has 0 aliphatic heterocycles. The van der Waals surface area contributed by atoms with Gasteiger partial charge in [-0.15, -0.1) is 0 Å². The molecule has 0 amide bonds. The number of carbonyl (C=O) groups excluding carboxylic acids is 2. The monoisotopic (exact) mass is 450 g/mol. The van der Waals surface area contributed by atoms with Gasteiger partial charge < -0.3 is 14.2 Å². The fourth-order valence-corrected chi connectivity index (χ4v) is 7.65. The summed E-state index contributed by atoms with van der Waals surface area (Å²) in [6.45, 7) is -0.239. The van der Waals surface area contributed by atoms with E-state index in [9.17, 15) is 9.59 Å². The van der Waals surface area contributed by atoms with E-state index < -0.39 is 0 Å². The van der Waals surface area contributed by atoms with Gasteiger partial charge in [0.2, 0.25) is 0 Å². The Bertz CT molecular complexity index is 775. The molecule has 5 rings (SSSR count). The molecule has 5 nitrogen and oxygen atoms in total. The average molecular weight is 451 g/mol. The van der Waals surface area contributed by atoms with Crippen molar-refractivity contribution >= 4 is 27.7 Å². The number of esters is 1. The molecule has 4 aliphatic carbocycles. The molecular formula is C22H27BrO5. The lowest BCUT2D eigenvalue weighted by molar-refractivity contribution is -0.149. The largest absolute Gasteiger partial charge is 0.493 e. The lowest BCUT2D eigenvalue weighted by Gasteiger charge is -2.60. The molecule has 1 aromatic carbocycles. The van der Waals surface area contributed by atoms with Crippen LogP contribution in [-0.2, 0) is 9.53 Å². The van der Waals surface area contributed by atoms with Crippen molar-refractivity contribution < 1.29 is 23.8 Å². The number of hydrogen-bond acceptors (Lipinski definition) is 5. The summed E-state index contributed by atoms with van der Waals surface area (Å²) in [4.78, 5) is 25.0. The van der Waals surface area contributed by atoms with E-state index in [1.807, 2.05) is 0 Å². The van der Waals surface area contributed by atoms with E-state index in [1.165, 1.54) is 26.4 Å². The highest BCUT2D eigenvalue weighted by molar-refractivity contribution is 9.10. The van der Waals surface area contributed by atoms with Crippen LogP contribution in [0, 0.1) is 17.3 Å². The maximum Gasteiger partial charge on any atom is 0.306 e. The first-order chi connectivity index (χ1) is 13.3. The average Bonchev–Trinajstić information content (AvgIpc) is 2.63. The molecule has 2 atom stereocenters. The second-order valence-electron chi connectivity index (χ2n) is 8.94. The zero-order valence-corrected chi connectivity index (χ0v) is 18.0. The first kappa shape index (κ1) is 19.7. The molecule has 28 heavy (non-hydrogen) atoms. The highest BCUT2D eigenvalue weighted by Gasteiger charge is 2.57. The number of benzene rings is 1. The first-order valence-electron chi connectivity index (χ1n) is 9.93. The lowest BCUT2D eigenvalue weighted by atomic mass is 9.49. The molecule has 0 spiro atoms. The predicted molar refractivity (Wildman–Crippen MR) is 108 cm³/mol. The highest BCUT2D eigenvalue weighted by atomic mass is 79.9. The molecule has 4 aliphatic rings. The van der Waals surface area contributed by atoms with E-state index in [2.05, 4.69) is 15.9 Å². The number of hydrogen-bond donors (Lipinski definition) is 0. The number of Topliss-reactive ketones (excluding diaryl/α,β-unsaturated/α-hetero) is 1. The highest BCUT2D eigenvalue weighted by Crippen LogP contribution is 2.65. The van der Waals surface area contributed by atoms with Crippen molar-refractivity contribution in [3.63, 3.8) is 0 Å². The molecule has 4 bridgehead atoms. The van der Waals surface area contributed by atoms with Crippen LogP contribution in [0.4, 0.5) is 0 Å². The molecule has 0 aromatic heterocycles. The third-order valence-electron chi connectivity index (χ3n) is 6.70. The number of carbonyl (C=O) groups is 2. The van der Waals surface area contributed by atoms with Crippen molar-refractivity contribution in [1.82, 2.24) is 0 Å². The van der Waals surface area contributed by atoms with Crippen LogP contribution in [0.5, 0.6) is 11.5 Å². The van der Waals surface area contributed by atoms with Gasteiger partial charge in [0.05, 0.1) is 20.6 Å². The molecule has 0 N–H and O–H groups in total. The van der Waals surface area contributed by atoms with Gasteiger partial charge in [-0.3, -0.25) is 9.59 Å². The summed E-state index contributed by atoms with van der Waals surface area (Å²) in [5, 5.41) is 0. The van der Waals surface area contributed by atoms with Crippen molar-refractivity contribution in [2.75, 3.05) is 20.8 Å². The number of alkyl halides is 1. The molecule has 0 heterocycles. The minimum Gasteiger partial charge on any atom is -0.493 e. The molecule has 4 saturated carbocycles. The Morgan fingerprint density at radius 3 is 2.36 bits per heavy atom. The quantitative estimate of drug-likeness (QED) is 0.346. The van der Waals surface area contributed by atoms with Crippen molar-refractivity contribution in [1.29, 1.82) is 0 Å². The summed E-state index contributed by atoms with van der Waals surface area (Å²) in [5.41, 5.74) is 0.497. The van der Waals surface area contributed by atoms with Crippen LogP contribution in [0.2, 0.25) is 0 Å². The van der Waals surface area contributed by atoms with Crippen LogP contribution < -0.4 is 9.47 Å². The molecule has 0 saturated heterocycles. The van der Waals surface area contributed by atoms with E-state index in [4.69, 9.17) is 14.2 Å². The van der Waals surface area contributed by atoms with Crippen LogP contribution in [0.3, 0.4) is 0 Å². The Hall–Kier alpha value is -1.56. The maximum absolute atomic E-state index is 12.6. The summed E-state index contributed by atoms with van der Waals surface area (Å²) in [5.74, 6) is 1.99. The molecule has 2 unspecified atom stereocenters. The third kappa shape index (κ3) is 3.80. The van der Waals surface area contributed by atoms with Gasteiger partial charge in [-0.2, -0.15) is 0 Å². The second-order valence-corrected chi connectivity index (χ2v) is 10.6. The van der Waals surface area contributed by atoms with Crippen molar-refractivity contribution in [2.24, 2.45) is 17.3 Å². The Balaban J connectivity index is 1.35. The summed E-state index contributed by atoms with van der Waals surface area (Å²) >= 11 is 3.97. The van der Waals surface area contributed by atoms with Crippen LogP contribution in [0.25, 0.3) is 0 Å². The van der Waals surface area contributed by atoms with Gasteiger partial charge in [-0.25, -0.2) is 0 Å². The van der Waals surface area contributed by atoms with Crippen LogP contribution in [0.15, 0.2) is 18.2 Å². The zero-order valence-electron chi connectivity index (χ0n) is 16.5. The number of ketones is 1. The third-order valence-corrected chi connectivity index (χ3v) is 7.63. The van der Waals surface area contributed by atoms with E-state index >= 15 is 0 Å². The minimum absolute atomic E-state index is 0.0526. The SMILES string of the molecule is COc1ccc(C(=O)COC(=O)CC23CC4CC(CC(Br)(C4)C2)C3)cc1OC. The number of halogens is 1. The fourth-order valence-electron chi connectivity index (χ4n) is 6.14. The number of rotatable bonds is 7. The van der Waals surface area contributed by atoms with E-state index in [-0.39, 0.29) is 28.1 Å². The van der Waals surface area contributed by atoms with Crippen molar-refractivity contribution in [3.05, 3.63) is 23.8 Å². The van der Waals surface area contributed by atoms with E-state index in [0.717, 1.165) is 31.1 Å². The Kier molecular flexibility index (Phi) is 5.19. The number of methoxy groups -OCH3 is 2. The standard InChI is InChI=1S/C22H27BrO5/c1-26-18-4-3-16(6-19(18)27-2)17(24)12-28-20(25)11-21-7-14-5-15(8-21)10-22(23,9-14)13-21/h3-4,6,14-15H,5,7-13H2,1-2H3. The second kappa shape index (κ2) is 7.36.